The molecule has 2 aromatic rings. The van der Waals surface area contributed by atoms with E-state index in [0.717, 1.165) is 13.0 Å². The Morgan fingerprint density at radius 1 is 1.20 bits per heavy atom. The second kappa shape index (κ2) is 6.96. The van der Waals surface area contributed by atoms with E-state index in [4.69, 9.17) is 21.1 Å². The Labute approximate surface area is 122 Å². The Morgan fingerprint density at radius 3 is 2.60 bits per heavy atom. The number of hydrogen-bond acceptors (Lipinski definition) is 5. The van der Waals surface area contributed by atoms with Gasteiger partial charge in [0.2, 0.25) is 5.75 Å². The van der Waals surface area contributed by atoms with Gasteiger partial charge in [-0.05, 0) is 30.7 Å². The molecule has 0 aliphatic heterocycles. The molecule has 0 atom stereocenters. The van der Waals surface area contributed by atoms with Crippen LogP contribution in [0.5, 0.6) is 17.4 Å². The quantitative estimate of drug-likeness (QED) is 0.879. The predicted octanol–water partition coefficient (Wildman–Crippen LogP) is 3.75. The smallest absolute Gasteiger partial charge is 0.268 e. The van der Waals surface area contributed by atoms with Crippen molar-refractivity contribution in [2.24, 2.45) is 0 Å². The zero-order chi connectivity index (χ0) is 14.4. The maximum absolute atomic E-state index is 5.84. The SMILES string of the molecule is CCCNc1ncnc(Oc2ccc(Cl)cc2)c1OC. The third-order valence-corrected chi connectivity index (χ3v) is 2.80. The maximum Gasteiger partial charge on any atom is 0.268 e. The van der Waals surface area contributed by atoms with Crippen molar-refractivity contribution in [3.05, 3.63) is 35.6 Å². The second-order valence-corrected chi connectivity index (χ2v) is 4.48. The summed E-state index contributed by atoms with van der Waals surface area (Å²) in [4.78, 5) is 8.26. The number of benzene rings is 1. The van der Waals surface area contributed by atoms with Crippen LogP contribution in [0.4, 0.5) is 5.82 Å². The molecule has 1 aromatic heterocycles. The van der Waals surface area contributed by atoms with Gasteiger partial charge in [0.25, 0.3) is 5.88 Å². The first-order valence-corrected chi connectivity index (χ1v) is 6.68. The third-order valence-electron chi connectivity index (χ3n) is 2.55. The van der Waals surface area contributed by atoms with E-state index in [1.807, 2.05) is 0 Å². The number of halogens is 1. The van der Waals surface area contributed by atoms with E-state index in [1.165, 1.54) is 6.33 Å². The Morgan fingerprint density at radius 2 is 1.95 bits per heavy atom. The lowest BCUT2D eigenvalue weighted by molar-refractivity contribution is 0.369. The van der Waals surface area contributed by atoms with Crippen molar-refractivity contribution in [2.75, 3.05) is 19.0 Å². The average Bonchev–Trinajstić information content (AvgIpc) is 2.47. The van der Waals surface area contributed by atoms with Crippen molar-refractivity contribution in [1.29, 1.82) is 0 Å². The molecule has 0 radical (unpaired) electrons. The fraction of sp³-hybridized carbons (Fsp3) is 0.286. The van der Waals surface area contributed by atoms with Crippen molar-refractivity contribution in [3.63, 3.8) is 0 Å². The van der Waals surface area contributed by atoms with Gasteiger partial charge in [0.05, 0.1) is 7.11 Å². The Balaban J connectivity index is 2.24. The van der Waals surface area contributed by atoms with Gasteiger partial charge in [0.15, 0.2) is 5.82 Å². The molecule has 0 saturated carbocycles. The third kappa shape index (κ3) is 3.51. The van der Waals surface area contributed by atoms with Crippen molar-refractivity contribution in [3.8, 4) is 17.4 Å². The molecule has 20 heavy (non-hydrogen) atoms. The molecule has 0 bridgehead atoms. The minimum atomic E-state index is 0.364. The number of anilines is 1. The monoisotopic (exact) mass is 293 g/mol. The summed E-state index contributed by atoms with van der Waals surface area (Å²) in [6, 6.07) is 7.04. The van der Waals surface area contributed by atoms with Gasteiger partial charge in [-0.15, -0.1) is 0 Å². The molecule has 5 nitrogen and oxygen atoms in total. The van der Waals surface area contributed by atoms with Crippen LogP contribution in [0.3, 0.4) is 0 Å². The summed E-state index contributed by atoms with van der Waals surface area (Å²) < 4.78 is 11.0. The van der Waals surface area contributed by atoms with E-state index in [9.17, 15) is 0 Å². The summed E-state index contributed by atoms with van der Waals surface area (Å²) in [6.07, 6.45) is 2.42. The maximum atomic E-state index is 5.84. The number of methoxy groups -OCH3 is 1. The normalized spacial score (nSPS) is 10.2. The van der Waals surface area contributed by atoms with E-state index in [-0.39, 0.29) is 0 Å². The minimum Gasteiger partial charge on any atom is -0.489 e. The molecule has 0 fully saturated rings. The van der Waals surface area contributed by atoms with Crippen LogP contribution in [0, 0.1) is 0 Å². The van der Waals surface area contributed by atoms with E-state index < -0.39 is 0 Å². The van der Waals surface area contributed by atoms with Crippen LogP contribution in [0.15, 0.2) is 30.6 Å². The zero-order valence-electron chi connectivity index (χ0n) is 11.4. The highest BCUT2D eigenvalue weighted by Crippen LogP contribution is 2.34. The summed E-state index contributed by atoms with van der Waals surface area (Å²) in [5.74, 6) is 2.10. The van der Waals surface area contributed by atoms with E-state index in [1.54, 1.807) is 31.4 Å². The van der Waals surface area contributed by atoms with Crippen LogP contribution in [-0.4, -0.2) is 23.6 Å². The summed E-state index contributed by atoms with van der Waals surface area (Å²) in [5.41, 5.74) is 0. The molecule has 6 heteroatoms. The number of rotatable bonds is 6. The van der Waals surface area contributed by atoms with Gasteiger partial charge in [0.1, 0.15) is 12.1 Å². The van der Waals surface area contributed by atoms with Crippen LogP contribution in [0.25, 0.3) is 0 Å². The van der Waals surface area contributed by atoms with Gasteiger partial charge in [-0.25, -0.2) is 4.98 Å². The minimum absolute atomic E-state index is 0.364. The number of nitrogens with one attached hydrogen (secondary N) is 1. The Hall–Kier alpha value is -2.01. The van der Waals surface area contributed by atoms with Crippen LogP contribution in [-0.2, 0) is 0 Å². The fourth-order valence-corrected chi connectivity index (χ4v) is 1.72. The van der Waals surface area contributed by atoms with Gasteiger partial charge in [-0.1, -0.05) is 18.5 Å². The number of aromatic nitrogens is 2. The van der Waals surface area contributed by atoms with Crippen LogP contribution in [0.1, 0.15) is 13.3 Å². The van der Waals surface area contributed by atoms with Crippen molar-refractivity contribution in [1.82, 2.24) is 9.97 Å². The Kier molecular flexibility index (Phi) is 5.01. The number of ether oxygens (including phenoxy) is 2. The van der Waals surface area contributed by atoms with E-state index in [2.05, 4.69) is 22.2 Å². The number of hydrogen-bond donors (Lipinski definition) is 1. The molecule has 0 unspecified atom stereocenters. The van der Waals surface area contributed by atoms with Gasteiger partial charge >= 0.3 is 0 Å². The average molecular weight is 294 g/mol. The van der Waals surface area contributed by atoms with Crippen LogP contribution in [0.2, 0.25) is 5.02 Å². The predicted molar refractivity (Wildman–Crippen MR) is 78.9 cm³/mol. The molecular formula is C14H16ClN3O2. The lowest BCUT2D eigenvalue weighted by Crippen LogP contribution is -2.05. The highest BCUT2D eigenvalue weighted by atomic mass is 35.5. The summed E-state index contributed by atoms with van der Waals surface area (Å²) in [6.45, 7) is 2.87. The topological polar surface area (TPSA) is 56.3 Å². The van der Waals surface area contributed by atoms with Crippen molar-refractivity contribution >= 4 is 17.4 Å². The van der Waals surface area contributed by atoms with Gasteiger partial charge < -0.3 is 14.8 Å². The van der Waals surface area contributed by atoms with Crippen LogP contribution >= 0.6 is 11.6 Å². The van der Waals surface area contributed by atoms with Gasteiger partial charge in [0, 0.05) is 11.6 Å². The van der Waals surface area contributed by atoms with E-state index >= 15 is 0 Å². The zero-order valence-corrected chi connectivity index (χ0v) is 12.1. The molecule has 106 valence electrons. The molecule has 0 aliphatic rings. The highest BCUT2D eigenvalue weighted by Gasteiger charge is 2.13. The van der Waals surface area contributed by atoms with Crippen molar-refractivity contribution < 1.29 is 9.47 Å². The molecule has 1 N–H and O–H groups in total. The second-order valence-electron chi connectivity index (χ2n) is 4.04. The molecule has 0 spiro atoms. The lowest BCUT2D eigenvalue weighted by atomic mass is 10.3. The molecular weight excluding hydrogens is 278 g/mol. The first-order valence-electron chi connectivity index (χ1n) is 6.31. The molecule has 2 rings (SSSR count). The standard InChI is InChI=1S/C14H16ClN3O2/c1-3-8-16-13-12(19-2)14(18-9-17-13)20-11-6-4-10(15)5-7-11/h4-7,9H,3,8H2,1-2H3,(H,16,17,18). The molecule has 1 heterocycles. The molecule has 1 aromatic carbocycles. The highest BCUT2D eigenvalue weighted by molar-refractivity contribution is 6.30. The lowest BCUT2D eigenvalue weighted by Gasteiger charge is -2.13. The first-order chi connectivity index (χ1) is 9.74. The largest absolute Gasteiger partial charge is 0.489 e. The van der Waals surface area contributed by atoms with Crippen molar-refractivity contribution in [2.45, 2.75) is 13.3 Å². The number of nitrogens with zero attached hydrogens (tertiary/aromatic N) is 2. The van der Waals surface area contributed by atoms with Gasteiger partial charge in [-0.2, -0.15) is 4.98 Å². The Bertz CT molecular complexity index is 561. The molecule has 0 amide bonds. The van der Waals surface area contributed by atoms with E-state index in [0.29, 0.717) is 28.2 Å². The molecule has 0 aliphatic carbocycles. The summed E-state index contributed by atoms with van der Waals surface area (Å²) >= 11 is 5.84. The fourth-order valence-electron chi connectivity index (χ4n) is 1.60. The summed E-state index contributed by atoms with van der Waals surface area (Å²) in [5, 5.41) is 3.82. The van der Waals surface area contributed by atoms with Gasteiger partial charge in [-0.3, -0.25) is 0 Å². The summed E-state index contributed by atoms with van der Waals surface area (Å²) in [7, 11) is 1.56. The van der Waals surface area contributed by atoms with Crippen LogP contribution < -0.4 is 14.8 Å². The first kappa shape index (κ1) is 14.4. The molecule has 0 saturated heterocycles.